The predicted molar refractivity (Wildman–Crippen MR) is 161 cm³/mol. The van der Waals surface area contributed by atoms with Crippen LogP contribution in [0.4, 0.5) is 4.79 Å². The molecule has 0 aliphatic heterocycles. The van der Waals surface area contributed by atoms with E-state index in [0.29, 0.717) is 17.3 Å². The van der Waals surface area contributed by atoms with Crippen molar-refractivity contribution in [1.29, 1.82) is 0 Å². The third kappa shape index (κ3) is 35.9. The molecule has 0 spiro atoms. The summed E-state index contributed by atoms with van der Waals surface area (Å²) < 4.78 is 0. The lowest BCUT2D eigenvalue weighted by molar-refractivity contribution is 0.226. The molecule has 0 atom stereocenters. The monoisotopic (exact) mass is 489 g/mol. The van der Waals surface area contributed by atoms with Crippen LogP contribution in [0.5, 0.6) is 0 Å². The molecule has 0 fully saturated rings. The highest BCUT2D eigenvalue weighted by Crippen LogP contribution is 2.35. The SMILES string of the molecule is C.CC(C)CNC(=O)NCC(C)C.CCC(C)C.CCC(C)CC.CCCC(CC)(CC)CC. The molecule has 0 saturated carbocycles. The van der Waals surface area contributed by atoms with E-state index in [4.69, 9.17) is 0 Å². The molecule has 0 aromatic rings. The standard InChI is InChI=1S/C10H22.C9H20N2O.C6H14.C5H12.CH4/c1-5-9-10(6-2,7-3)8-4;1-7(2)5-10-9(12)11-6-8(3)4;1-4-6(3)5-2;1-4-5(2)3;/h5-9H2,1-4H3;7-8H,5-6H2,1-4H3,(H2,10,11,12);6H,4-5H2,1-3H3;5H,4H2,1-3H3;1H4. The zero-order chi connectivity index (χ0) is 26.9. The lowest BCUT2D eigenvalue weighted by Gasteiger charge is -2.29. The first-order valence-electron chi connectivity index (χ1n) is 14.4. The highest BCUT2D eigenvalue weighted by atomic mass is 16.2. The van der Waals surface area contributed by atoms with Crippen LogP contribution in [0.2, 0.25) is 0 Å². The van der Waals surface area contributed by atoms with Crippen LogP contribution in [-0.2, 0) is 0 Å². The van der Waals surface area contributed by atoms with Crippen molar-refractivity contribution >= 4 is 6.03 Å². The van der Waals surface area contributed by atoms with Gasteiger partial charge < -0.3 is 10.6 Å². The molecule has 34 heavy (non-hydrogen) atoms. The lowest BCUT2D eigenvalue weighted by Crippen LogP contribution is -2.39. The quantitative estimate of drug-likeness (QED) is 0.282. The van der Waals surface area contributed by atoms with Gasteiger partial charge in [0.2, 0.25) is 0 Å². The molecule has 0 unspecified atom stereocenters. The highest BCUT2D eigenvalue weighted by Gasteiger charge is 2.21. The van der Waals surface area contributed by atoms with Crippen LogP contribution in [-0.4, -0.2) is 19.1 Å². The molecule has 0 heterocycles. The molecule has 0 aliphatic rings. The second kappa shape index (κ2) is 30.3. The molecule has 0 saturated heterocycles. The molecule has 3 heteroatoms. The minimum Gasteiger partial charge on any atom is -0.338 e. The lowest BCUT2D eigenvalue weighted by atomic mass is 9.76. The number of carbonyl (C=O) groups excluding carboxylic acids is 1. The Morgan fingerprint density at radius 3 is 1.06 bits per heavy atom. The van der Waals surface area contributed by atoms with Gasteiger partial charge in [-0.3, -0.25) is 0 Å². The third-order valence-corrected chi connectivity index (χ3v) is 6.58. The summed E-state index contributed by atoms with van der Waals surface area (Å²) in [5.41, 5.74) is 0.675. The van der Waals surface area contributed by atoms with Crippen molar-refractivity contribution in [2.75, 3.05) is 13.1 Å². The first-order valence-corrected chi connectivity index (χ1v) is 14.4. The van der Waals surface area contributed by atoms with Crippen LogP contribution in [0.3, 0.4) is 0 Å². The van der Waals surface area contributed by atoms with Crippen LogP contribution in [0.25, 0.3) is 0 Å². The van der Waals surface area contributed by atoms with Crippen molar-refractivity contribution in [2.45, 2.75) is 156 Å². The normalized spacial score (nSPS) is 10.4. The Morgan fingerprint density at radius 2 is 0.941 bits per heavy atom. The van der Waals surface area contributed by atoms with Crippen LogP contribution in [0, 0.1) is 29.1 Å². The summed E-state index contributed by atoms with van der Waals surface area (Å²) in [4.78, 5) is 11.0. The molecule has 0 aliphatic carbocycles. The minimum atomic E-state index is -0.0580. The van der Waals surface area contributed by atoms with Crippen molar-refractivity contribution in [2.24, 2.45) is 29.1 Å². The predicted octanol–water partition coefficient (Wildman–Crippen LogP) is 10.7. The van der Waals surface area contributed by atoms with Gasteiger partial charge in [0.25, 0.3) is 0 Å². The molecule has 0 rings (SSSR count). The number of amides is 2. The number of carbonyl (C=O) groups is 1. The Morgan fingerprint density at radius 1 is 0.618 bits per heavy atom. The molecule has 0 aromatic heterocycles. The summed E-state index contributed by atoms with van der Waals surface area (Å²) in [6, 6.07) is -0.0580. The Balaban J connectivity index is -0.000000115. The maximum atomic E-state index is 11.0. The summed E-state index contributed by atoms with van der Waals surface area (Å²) in [7, 11) is 0. The third-order valence-electron chi connectivity index (χ3n) is 6.58. The Bertz CT molecular complexity index is 347. The molecule has 0 bridgehead atoms. The summed E-state index contributed by atoms with van der Waals surface area (Å²) in [5, 5.41) is 5.57. The molecule has 3 nitrogen and oxygen atoms in total. The van der Waals surface area contributed by atoms with Gasteiger partial charge in [-0.25, -0.2) is 4.79 Å². The first-order chi connectivity index (χ1) is 15.3. The molecule has 0 aromatic carbocycles. The molecule has 212 valence electrons. The van der Waals surface area contributed by atoms with Gasteiger partial charge in [-0.2, -0.15) is 0 Å². The zero-order valence-corrected chi connectivity index (χ0v) is 25.8. The van der Waals surface area contributed by atoms with E-state index in [-0.39, 0.29) is 13.5 Å². The van der Waals surface area contributed by atoms with Gasteiger partial charge >= 0.3 is 6.03 Å². The van der Waals surface area contributed by atoms with Gasteiger partial charge in [0.1, 0.15) is 0 Å². The highest BCUT2D eigenvalue weighted by molar-refractivity contribution is 5.73. The molecular weight excluding hydrogens is 416 g/mol. The van der Waals surface area contributed by atoms with Gasteiger partial charge in [-0.15, -0.1) is 0 Å². The van der Waals surface area contributed by atoms with Crippen LogP contribution >= 0.6 is 0 Å². The van der Waals surface area contributed by atoms with E-state index in [1.807, 2.05) is 0 Å². The van der Waals surface area contributed by atoms with E-state index in [1.165, 1.54) is 51.4 Å². The number of hydrogen-bond donors (Lipinski definition) is 2. The van der Waals surface area contributed by atoms with Crippen LogP contribution in [0.1, 0.15) is 156 Å². The fourth-order valence-electron chi connectivity index (χ4n) is 2.76. The van der Waals surface area contributed by atoms with Crippen molar-refractivity contribution in [3.8, 4) is 0 Å². The van der Waals surface area contributed by atoms with E-state index >= 15 is 0 Å². The Labute approximate surface area is 219 Å². The Hall–Kier alpha value is -0.730. The summed E-state index contributed by atoms with van der Waals surface area (Å²) >= 11 is 0. The maximum Gasteiger partial charge on any atom is 0.314 e. The summed E-state index contributed by atoms with van der Waals surface area (Å²) in [5.74, 6) is 2.84. The fraction of sp³-hybridized carbons (Fsp3) is 0.968. The first kappa shape index (κ1) is 43.4. The van der Waals surface area contributed by atoms with E-state index in [0.717, 1.165) is 24.9 Å². The second-order valence-corrected chi connectivity index (χ2v) is 10.9. The van der Waals surface area contributed by atoms with Gasteiger partial charge in [0.15, 0.2) is 0 Å². The van der Waals surface area contributed by atoms with Crippen molar-refractivity contribution in [3.05, 3.63) is 0 Å². The topological polar surface area (TPSA) is 41.1 Å². The number of nitrogens with one attached hydrogen (secondary N) is 2. The fourth-order valence-corrected chi connectivity index (χ4v) is 2.76. The van der Waals surface area contributed by atoms with Crippen LogP contribution in [0.15, 0.2) is 0 Å². The van der Waals surface area contributed by atoms with Crippen molar-refractivity contribution < 1.29 is 4.79 Å². The van der Waals surface area contributed by atoms with Gasteiger partial charge in [0.05, 0.1) is 0 Å². The van der Waals surface area contributed by atoms with Gasteiger partial charge in [-0.05, 0) is 35.5 Å². The number of urea groups is 1. The molecule has 2 N–H and O–H groups in total. The van der Waals surface area contributed by atoms with E-state index < -0.39 is 0 Å². The van der Waals surface area contributed by atoms with E-state index in [2.05, 4.69) is 108 Å². The second-order valence-electron chi connectivity index (χ2n) is 10.9. The minimum absolute atomic E-state index is 0. The summed E-state index contributed by atoms with van der Waals surface area (Å²) in [6.45, 7) is 32.4. The Kier molecular flexibility index (Phi) is 38.6. The van der Waals surface area contributed by atoms with Crippen molar-refractivity contribution in [1.82, 2.24) is 10.6 Å². The largest absolute Gasteiger partial charge is 0.338 e. The van der Waals surface area contributed by atoms with E-state index in [1.54, 1.807) is 0 Å². The molecule has 2 amide bonds. The van der Waals surface area contributed by atoms with Gasteiger partial charge in [-0.1, -0.05) is 149 Å². The zero-order valence-electron chi connectivity index (χ0n) is 25.8. The molecule has 0 radical (unpaired) electrons. The summed E-state index contributed by atoms with van der Waals surface area (Å²) in [6.07, 6.45) is 10.8. The maximum absolute atomic E-state index is 11.0. The van der Waals surface area contributed by atoms with Crippen molar-refractivity contribution in [3.63, 3.8) is 0 Å². The van der Waals surface area contributed by atoms with E-state index in [9.17, 15) is 4.79 Å². The van der Waals surface area contributed by atoms with Gasteiger partial charge in [0, 0.05) is 13.1 Å². The smallest absolute Gasteiger partial charge is 0.314 e. The van der Waals surface area contributed by atoms with Crippen LogP contribution < -0.4 is 10.6 Å². The number of hydrogen-bond acceptors (Lipinski definition) is 1. The molecular formula is C31H72N2O. The average Bonchev–Trinajstić information content (AvgIpc) is 2.80. The number of rotatable bonds is 12. The average molecular weight is 489 g/mol.